The summed E-state index contributed by atoms with van der Waals surface area (Å²) in [6.07, 6.45) is 4.56. The average molecular weight is 289 g/mol. The Balaban J connectivity index is 0.00000120. The third-order valence-corrected chi connectivity index (χ3v) is 3.90. The second-order valence-corrected chi connectivity index (χ2v) is 5.16. The molecule has 2 atom stereocenters. The Morgan fingerprint density at radius 3 is 2.78 bits per heavy atom. The van der Waals surface area contributed by atoms with Gasteiger partial charge in [-0.1, -0.05) is 18.0 Å². The monoisotopic (exact) mass is 288 g/mol. The third-order valence-electron chi connectivity index (χ3n) is 3.68. The highest BCUT2D eigenvalue weighted by molar-refractivity contribution is 6.31. The molecule has 3 nitrogen and oxygen atoms in total. The lowest BCUT2D eigenvalue weighted by atomic mass is 9.83. The van der Waals surface area contributed by atoms with Crippen LogP contribution in [0.3, 0.4) is 0 Å². The van der Waals surface area contributed by atoms with Crippen molar-refractivity contribution in [1.82, 2.24) is 0 Å². The number of carboxylic acids is 1. The first-order valence-corrected chi connectivity index (χ1v) is 6.28. The number of ether oxygens (including phenoxy) is 1. The summed E-state index contributed by atoms with van der Waals surface area (Å²) in [6.45, 7) is 0. The number of halogens is 2. The van der Waals surface area contributed by atoms with Crippen molar-refractivity contribution in [1.29, 1.82) is 0 Å². The molecule has 0 aromatic heterocycles. The van der Waals surface area contributed by atoms with Gasteiger partial charge in [-0.25, -0.2) is 4.79 Å². The van der Waals surface area contributed by atoms with Crippen LogP contribution in [0.2, 0.25) is 5.02 Å². The van der Waals surface area contributed by atoms with Gasteiger partial charge < -0.3 is 9.84 Å². The van der Waals surface area contributed by atoms with Crippen LogP contribution in [0, 0.1) is 0 Å². The molecule has 1 aromatic rings. The number of benzene rings is 1. The van der Waals surface area contributed by atoms with Crippen molar-refractivity contribution < 1.29 is 14.6 Å². The van der Waals surface area contributed by atoms with Gasteiger partial charge >= 0.3 is 5.97 Å². The molecule has 1 aromatic carbocycles. The summed E-state index contributed by atoms with van der Waals surface area (Å²) >= 11 is 5.98. The molecule has 5 heteroatoms. The summed E-state index contributed by atoms with van der Waals surface area (Å²) in [7, 11) is 0. The fraction of sp³-hybridized carbons (Fsp3) is 0.462. The van der Waals surface area contributed by atoms with Gasteiger partial charge in [-0.15, -0.1) is 12.4 Å². The predicted octanol–water partition coefficient (Wildman–Crippen LogP) is 3.88. The molecular formula is C13H14Cl2O3. The molecule has 0 radical (unpaired) electrons. The number of aromatic carboxylic acids is 1. The molecule has 1 N–H and O–H groups in total. The van der Waals surface area contributed by atoms with Crippen LogP contribution >= 0.6 is 24.0 Å². The fourth-order valence-electron chi connectivity index (χ4n) is 2.93. The molecule has 1 fully saturated rings. The topological polar surface area (TPSA) is 46.5 Å². The van der Waals surface area contributed by atoms with E-state index >= 15 is 0 Å². The van der Waals surface area contributed by atoms with E-state index in [0.29, 0.717) is 16.7 Å². The van der Waals surface area contributed by atoms with Crippen LogP contribution in [0.25, 0.3) is 0 Å². The minimum Gasteiger partial charge on any atom is -0.489 e. The van der Waals surface area contributed by atoms with Crippen molar-refractivity contribution in [3.63, 3.8) is 0 Å². The van der Waals surface area contributed by atoms with Gasteiger partial charge in [0, 0.05) is 16.5 Å². The smallest absolute Gasteiger partial charge is 0.339 e. The Bertz CT molecular complexity index is 487. The Morgan fingerprint density at radius 1 is 1.33 bits per heavy atom. The summed E-state index contributed by atoms with van der Waals surface area (Å²) in [5.74, 6) is -0.100. The quantitative estimate of drug-likeness (QED) is 0.853. The molecule has 1 heterocycles. The Kier molecular flexibility index (Phi) is 3.74. The molecule has 0 amide bonds. The van der Waals surface area contributed by atoms with E-state index in [2.05, 4.69) is 0 Å². The van der Waals surface area contributed by atoms with Crippen LogP contribution in [0.5, 0.6) is 5.75 Å². The summed E-state index contributed by atoms with van der Waals surface area (Å²) in [5, 5.41) is 9.65. The van der Waals surface area contributed by atoms with Crippen molar-refractivity contribution >= 4 is 30.0 Å². The number of rotatable bonds is 1. The lowest BCUT2D eigenvalue weighted by Crippen LogP contribution is -2.22. The predicted molar refractivity (Wildman–Crippen MR) is 71.3 cm³/mol. The molecule has 3 rings (SSSR count). The lowest BCUT2D eigenvalue weighted by molar-refractivity contribution is 0.0689. The van der Waals surface area contributed by atoms with E-state index in [0.717, 1.165) is 24.8 Å². The Hall–Kier alpha value is -0.930. The van der Waals surface area contributed by atoms with Gasteiger partial charge in [-0.2, -0.15) is 0 Å². The Labute approximate surface area is 116 Å². The largest absolute Gasteiger partial charge is 0.489 e. The minimum atomic E-state index is -0.970. The highest BCUT2D eigenvalue weighted by Gasteiger charge is 2.38. The number of hydrogen-bond donors (Lipinski definition) is 1. The van der Waals surface area contributed by atoms with Crippen LogP contribution in [-0.2, 0) is 0 Å². The van der Waals surface area contributed by atoms with Crippen LogP contribution in [-0.4, -0.2) is 17.2 Å². The summed E-state index contributed by atoms with van der Waals surface area (Å²) in [4.78, 5) is 11.2. The third kappa shape index (κ3) is 2.06. The van der Waals surface area contributed by atoms with Crippen LogP contribution in [0.15, 0.2) is 12.1 Å². The first-order valence-electron chi connectivity index (χ1n) is 5.90. The number of carbonyl (C=O) groups is 1. The van der Waals surface area contributed by atoms with E-state index in [1.165, 1.54) is 12.5 Å². The van der Waals surface area contributed by atoms with Crippen molar-refractivity contribution in [2.75, 3.05) is 0 Å². The van der Waals surface area contributed by atoms with Crippen molar-refractivity contribution in [2.45, 2.75) is 37.7 Å². The maximum absolute atomic E-state index is 11.2. The number of carboxylic acid groups (broad SMARTS) is 1. The van der Waals surface area contributed by atoms with Crippen LogP contribution in [0.4, 0.5) is 0 Å². The molecule has 0 spiro atoms. The van der Waals surface area contributed by atoms with E-state index in [1.54, 1.807) is 0 Å². The van der Waals surface area contributed by atoms with Gasteiger partial charge in [0.05, 0.1) is 0 Å². The van der Waals surface area contributed by atoms with Crippen LogP contribution in [0.1, 0.15) is 47.5 Å². The summed E-state index contributed by atoms with van der Waals surface area (Å²) in [6, 6.07) is 3.33. The van der Waals surface area contributed by atoms with Gasteiger partial charge in [0.1, 0.15) is 17.4 Å². The van der Waals surface area contributed by atoms with E-state index in [4.69, 9.17) is 21.4 Å². The second kappa shape index (κ2) is 4.98. The maximum atomic E-state index is 11.2. The summed E-state index contributed by atoms with van der Waals surface area (Å²) in [5.41, 5.74) is 1.18. The van der Waals surface area contributed by atoms with Crippen molar-refractivity contribution in [2.24, 2.45) is 0 Å². The van der Waals surface area contributed by atoms with E-state index in [1.807, 2.05) is 6.07 Å². The van der Waals surface area contributed by atoms with E-state index in [9.17, 15) is 4.79 Å². The zero-order valence-corrected chi connectivity index (χ0v) is 11.3. The highest BCUT2D eigenvalue weighted by Crippen LogP contribution is 2.48. The fourth-order valence-corrected chi connectivity index (χ4v) is 3.15. The minimum absolute atomic E-state index is 0. The second-order valence-electron chi connectivity index (χ2n) is 4.72. The highest BCUT2D eigenvalue weighted by atomic mass is 35.5. The van der Waals surface area contributed by atoms with Crippen LogP contribution < -0.4 is 4.74 Å². The number of hydrogen-bond acceptors (Lipinski definition) is 2. The van der Waals surface area contributed by atoms with Gasteiger partial charge in [0.25, 0.3) is 0 Å². The van der Waals surface area contributed by atoms with Gasteiger partial charge in [0.2, 0.25) is 0 Å². The molecule has 2 aliphatic rings. The zero-order valence-electron chi connectivity index (χ0n) is 9.69. The van der Waals surface area contributed by atoms with Gasteiger partial charge in [-0.3, -0.25) is 0 Å². The SMILES string of the molecule is Cl.O=C(O)c1cc(Cl)cc2c1OC1CCCCC21. The molecule has 1 aliphatic heterocycles. The first kappa shape index (κ1) is 13.5. The number of fused-ring (bicyclic) bond motifs is 3. The molecule has 98 valence electrons. The average Bonchev–Trinajstić information content (AvgIpc) is 2.66. The zero-order chi connectivity index (χ0) is 12.0. The molecule has 2 unspecified atom stereocenters. The molecule has 0 saturated heterocycles. The molecule has 18 heavy (non-hydrogen) atoms. The van der Waals surface area contributed by atoms with Gasteiger partial charge in [0.15, 0.2) is 0 Å². The molecular weight excluding hydrogens is 275 g/mol. The van der Waals surface area contributed by atoms with E-state index < -0.39 is 5.97 Å². The first-order chi connectivity index (χ1) is 8.16. The van der Waals surface area contributed by atoms with Crippen molar-refractivity contribution in [3.05, 3.63) is 28.3 Å². The van der Waals surface area contributed by atoms with Crippen molar-refractivity contribution in [3.8, 4) is 5.75 Å². The molecule has 1 aliphatic carbocycles. The normalized spacial score (nSPS) is 24.5. The summed E-state index contributed by atoms with van der Waals surface area (Å²) < 4.78 is 5.82. The molecule has 1 saturated carbocycles. The van der Waals surface area contributed by atoms with E-state index in [-0.39, 0.29) is 24.1 Å². The maximum Gasteiger partial charge on any atom is 0.339 e. The standard InChI is InChI=1S/C13H13ClO3.ClH/c14-7-5-9-8-3-1-2-4-11(8)17-12(9)10(6-7)13(15)16;/h5-6,8,11H,1-4H2,(H,15,16);1H. The molecule has 0 bridgehead atoms. The van der Waals surface area contributed by atoms with Gasteiger partial charge in [-0.05, 0) is 31.4 Å². The Morgan fingerprint density at radius 2 is 2.06 bits per heavy atom. The lowest BCUT2D eigenvalue weighted by Gasteiger charge is -2.23.